The van der Waals surface area contributed by atoms with Crippen molar-refractivity contribution < 1.29 is 4.58 Å². The van der Waals surface area contributed by atoms with Gasteiger partial charge in [0, 0.05) is 31.9 Å². The summed E-state index contributed by atoms with van der Waals surface area (Å²) in [6, 6.07) is 15.4. The molecule has 0 aromatic heterocycles. The lowest BCUT2D eigenvalue weighted by molar-refractivity contribution is -0.462. The predicted molar refractivity (Wildman–Crippen MR) is 118 cm³/mol. The monoisotopic (exact) mass is 357 g/mol. The van der Waals surface area contributed by atoms with Crippen LogP contribution >= 0.6 is 0 Å². The number of aryl methyl sites for hydroxylation is 2. The normalized spacial score (nSPS) is 13.1. The molecule has 0 fully saturated rings. The molecule has 0 heterocycles. The van der Waals surface area contributed by atoms with Crippen molar-refractivity contribution in [1.82, 2.24) is 0 Å². The van der Waals surface area contributed by atoms with E-state index in [1.165, 1.54) is 44.8 Å². The summed E-state index contributed by atoms with van der Waals surface area (Å²) in [4.78, 5) is 2.13. The van der Waals surface area contributed by atoms with E-state index < -0.39 is 0 Å². The summed E-state index contributed by atoms with van der Waals surface area (Å²) < 4.78 is 2.13. The fraction of sp³-hybridized carbons (Fsp3) is 0.240. The minimum absolute atomic E-state index is 1.21. The van der Waals surface area contributed by atoms with Gasteiger partial charge in [-0.1, -0.05) is 30.3 Å². The van der Waals surface area contributed by atoms with Crippen LogP contribution in [0.5, 0.6) is 0 Å². The lowest BCUT2D eigenvalue weighted by Gasteiger charge is -2.19. The highest BCUT2D eigenvalue weighted by Crippen LogP contribution is 2.34. The SMILES string of the molecule is Cc1cccc(C)c1C(=C1C=CC(=[N+](C)C)C=C1)c1ccc(N(C)C)cc1. The average molecular weight is 358 g/mol. The van der Waals surface area contributed by atoms with Crippen molar-refractivity contribution >= 4 is 17.0 Å². The third-order valence-electron chi connectivity index (χ3n) is 5.08. The van der Waals surface area contributed by atoms with Crippen LogP contribution in [0.15, 0.2) is 72.3 Å². The topological polar surface area (TPSA) is 6.25 Å². The molecule has 2 heteroatoms. The molecule has 2 nitrogen and oxygen atoms in total. The van der Waals surface area contributed by atoms with Crippen molar-refractivity contribution in [2.45, 2.75) is 13.8 Å². The Morgan fingerprint density at radius 3 is 1.81 bits per heavy atom. The molecule has 0 spiro atoms. The van der Waals surface area contributed by atoms with Gasteiger partial charge in [-0.2, -0.15) is 0 Å². The Kier molecular flexibility index (Phi) is 5.46. The summed E-state index contributed by atoms with van der Waals surface area (Å²) in [6.45, 7) is 4.40. The van der Waals surface area contributed by atoms with E-state index in [0.29, 0.717) is 0 Å². The van der Waals surface area contributed by atoms with Crippen molar-refractivity contribution in [1.29, 1.82) is 0 Å². The number of anilines is 1. The first kappa shape index (κ1) is 18.9. The molecule has 3 rings (SSSR count). The van der Waals surface area contributed by atoms with E-state index in [-0.39, 0.29) is 0 Å². The summed E-state index contributed by atoms with van der Waals surface area (Å²) >= 11 is 0. The molecular weight excluding hydrogens is 328 g/mol. The van der Waals surface area contributed by atoms with E-state index in [1.54, 1.807) is 0 Å². The fourth-order valence-corrected chi connectivity index (χ4v) is 3.52. The van der Waals surface area contributed by atoms with Gasteiger partial charge in [0.25, 0.3) is 0 Å². The summed E-state index contributed by atoms with van der Waals surface area (Å²) in [7, 11) is 8.30. The minimum atomic E-state index is 1.21. The van der Waals surface area contributed by atoms with Gasteiger partial charge in [0.2, 0.25) is 0 Å². The Hall–Kier alpha value is -2.87. The van der Waals surface area contributed by atoms with Gasteiger partial charge in [-0.25, -0.2) is 4.58 Å². The van der Waals surface area contributed by atoms with Crippen molar-refractivity contribution in [2.24, 2.45) is 0 Å². The van der Waals surface area contributed by atoms with Crippen molar-refractivity contribution in [3.63, 3.8) is 0 Å². The molecule has 0 saturated carbocycles. The maximum absolute atomic E-state index is 2.23. The number of hydrogen-bond donors (Lipinski definition) is 0. The first-order valence-electron chi connectivity index (χ1n) is 9.37. The Bertz CT molecular complexity index is 926. The molecule has 138 valence electrons. The predicted octanol–water partition coefficient (Wildman–Crippen LogP) is 5.01. The summed E-state index contributed by atoms with van der Waals surface area (Å²) in [5.74, 6) is 0. The van der Waals surface area contributed by atoms with Gasteiger partial charge < -0.3 is 4.90 Å². The second kappa shape index (κ2) is 7.79. The number of hydrogen-bond acceptors (Lipinski definition) is 1. The molecule has 1 aliphatic carbocycles. The molecular formula is C25H29N2+. The van der Waals surface area contributed by atoms with E-state index in [4.69, 9.17) is 0 Å². The van der Waals surface area contributed by atoms with E-state index in [2.05, 4.69) is 118 Å². The van der Waals surface area contributed by atoms with Gasteiger partial charge >= 0.3 is 0 Å². The maximum Gasteiger partial charge on any atom is 0.199 e. The van der Waals surface area contributed by atoms with E-state index in [1.807, 2.05) is 0 Å². The zero-order chi connectivity index (χ0) is 19.6. The molecule has 2 aromatic carbocycles. The zero-order valence-electron chi connectivity index (χ0n) is 17.2. The first-order chi connectivity index (χ1) is 12.9. The highest BCUT2D eigenvalue weighted by molar-refractivity contribution is 6.04. The lowest BCUT2D eigenvalue weighted by atomic mass is 9.86. The lowest BCUT2D eigenvalue weighted by Crippen LogP contribution is -2.10. The Labute approximate surface area is 163 Å². The number of benzene rings is 2. The molecule has 0 aliphatic heterocycles. The Balaban J connectivity index is 2.23. The van der Waals surface area contributed by atoms with Crippen LogP contribution in [0.3, 0.4) is 0 Å². The summed E-state index contributed by atoms with van der Waals surface area (Å²) in [5, 5.41) is 0. The van der Waals surface area contributed by atoms with Crippen molar-refractivity contribution in [3.8, 4) is 0 Å². The largest absolute Gasteiger partial charge is 0.378 e. The fourth-order valence-electron chi connectivity index (χ4n) is 3.52. The van der Waals surface area contributed by atoms with E-state index in [0.717, 1.165) is 0 Å². The van der Waals surface area contributed by atoms with Crippen LogP contribution in [0.25, 0.3) is 5.57 Å². The molecule has 0 atom stereocenters. The third kappa shape index (κ3) is 3.95. The minimum Gasteiger partial charge on any atom is -0.378 e. The van der Waals surface area contributed by atoms with Crippen LogP contribution in [0, 0.1) is 13.8 Å². The second-order valence-corrected chi connectivity index (χ2v) is 7.52. The van der Waals surface area contributed by atoms with Crippen LogP contribution in [0.2, 0.25) is 0 Å². The van der Waals surface area contributed by atoms with Gasteiger partial charge in [0.05, 0.1) is 0 Å². The average Bonchev–Trinajstić information content (AvgIpc) is 2.65. The smallest absolute Gasteiger partial charge is 0.199 e. The summed E-state index contributed by atoms with van der Waals surface area (Å²) in [6.07, 6.45) is 8.85. The Morgan fingerprint density at radius 1 is 0.778 bits per heavy atom. The molecule has 0 radical (unpaired) electrons. The Morgan fingerprint density at radius 2 is 1.33 bits per heavy atom. The van der Waals surface area contributed by atoms with Gasteiger partial charge in [-0.3, -0.25) is 0 Å². The molecule has 0 unspecified atom stereocenters. The quantitative estimate of drug-likeness (QED) is 0.700. The van der Waals surface area contributed by atoms with Crippen molar-refractivity contribution in [3.05, 3.63) is 94.6 Å². The molecule has 0 amide bonds. The van der Waals surface area contributed by atoms with Crippen LogP contribution in [-0.4, -0.2) is 38.5 Å². The van der Waals surface area contributed by atoms with Gasteiger partial charge in [-0.05, 0) is 71.5 Å². The first-order valence-corrected chi connectivity index (χ1v) is 9.37. The number of allylic oxidation sites excluding steroid dienone is 5. The maximum atomic E-state index is 2.23. The highest BCUT2D eigenvalue weighted by Gasteiger charge is 2.16. The number of rotatable bonds is 3. The van der Waals surface area contributed by atoms with Gasteiger partial charge in [0.15, 0.2) is 5.71 Å². The van der Waals surface area contributed by atoms with Crippen LogP contribution in [-0.2, 0) is 0 Å². The molecule has 1 aliphatic rings. The van der Waals surface area contributed by atoms with Gasteiger partial charge in [-0.15, -0.1) is 0 Å². The third-order valence-corrected chi connectivity index (χ3v) is 5.08. The second-order valence-electron chi connectivity index (χ2n) is 7.52. The zero-order valence-corrected chi connectivity index (χ0v) is 17.2. The van der Waals surface area contributed by atoms with Crippen LogP contribution in [0.1, 0.15) is 22.3 Å². The van der Waals surface area contributed by atoms with Gasteiger partial charge in [0.1, 0.15) is 14.1 Å². The van der Waals surface area contributed by atoms with E-state index >= 15 is 0 Å². The van der Waals surface area contributed by atoms with Crippen LogP contribution in [0.4, 0.5) is 5.69 Å². The highest BCUT2D eigenvalue weighted by atomic mass is 15.1. The molecule has 0 bridgehead atoms. The van der Waals surface area contributed by atoms with Crippen molar-refractivity contribution in [2.75, 3.05) is 33.1 Å². The molecule has 0 saturated heterocycles. The van der Waals surface area contributed by atoms with Crippen LogP contribution < -0.4 is 4.90 Å². The molecule has 0 N–H and O–H groups in total. The molecule has 2 aromatic rings. The summed E-state index contributed by atoms with van der Waals surface area (Å²) in [5.41, 5.74) is 10.1. The standard InChI is InChI=1S/C25H29N2/c1-18-8-7-9-19(2)24(18)25(20-10-14-22(15-11-20)26(3)4)21-12-16-23(17-13-21)27(5)6/h7-17H,1-6H3/q+1. The number of nitrogens with zero attached hydrogens (tertiary/aromatic N) is 2. The van der Waals surface area contributed by atoms with E-state index in [9.17, 15) is 0 Å². The molecule has 27 heavy (non-hydrogen) atoms.